The van der Waals surface area contributed by atoms with E-state index < -0.39 is 28.5 Å². The molecule has 3 rings (SSSR count). The van der Waals surface area contributed by atoms with Crippen molar-refractivity contribution in [3.63, 3.8) is 0 Å². The maximum absolute atomic E-state index is 13.9. The highest BCUT2D eigenvalue weighted by Crippen LogP contribution is 2.30. The predicted molar refractivity (Wildman–Crippen MR) is 151 cm³/mol. The molecule has 8 nitrogen and oxygen atoms in total. The van der Waals surface area contributed by atoms with Gasteiger partial charge in [0.1, 0.15) is 18.3 Å². The smallest absolute Gasteiger partial charge is 0.244 e. The van der Waals surface area contributed by atoms with Crippen molar-refractivity contribution in [2.45, 2.75) is 71.0 Å². The van der Waals surface area contributed by atoms with Gasteiger partial charge in [-0.15, -0.1) is 0 Å². The molecule has 0 unspecified atom stereocenters. The molecule has 0 saturated heterocycles. The maximum atomic E-state index is 13.9. The highest BCUT2D eigenvalue weighted by Gasteiger charge is 2.33. The highest BCUT2D eigenvalue weighted by atomic mass is 35.5. The van der Waals surface area contributed by atoms with Crippen LogP contribution in [0.5, 0.6) is 5.75 Å². The fourth-order valence-corrected chi connectivity index (χ4v) is 5.99. The van der Waals surface area contributed by atoms with Gasteiger partial charge in [-0.2, -0.15) is 0 Å². The largest absolute Gasteiger partial charge is 0.495 e. The molecule has 1 N–H and O–H groups in total. The SMILES string of the molecule is CC[C@@H](C(=O)NC1CCCCC1)N(Cc1cccc(C)c1)C(=O)CN(c1ccc(OC)c(Cl)c1)S(C)(=O)=O. The lowest BCUT2D eigenvalue weighted by Gasteiger charge is -2.34. The maximum Gasteiger partial charge on any atom is 0.244 e. The summed E-state index contributed by atoms with van der Waals surface area (Å²) in [7, 11) is -2.39. The molecule has 208 valence electrons. The van der Waals surface area contributed by atoms with Crippen molar-refractivity contribution in [3.05, 3.63) is 58.6 Å². The van der Waals surface area contributed by atoms with Crippen molar-refractivity contribution in [2.24, 2.45) is 0 Å². The fourth-order valence-electron chi connectivity index (χ4n) is 4.90. The molecule has 0 radical (unpaired) electrons. The topological polar surface area (TPSA) is 96.0 Å². The van der Waals surface area contributed by atoms with E-state index in [2.05, 4.69) is 5.32 Å². The summed E-state index contributed by atoms with van der Waals surface area (Å²) in [6.45, 7) is 3.53. The lowest BCUT2D eigenvalue weighted by atomic mass is 9.95. The zero-order valence-electron chi connectivity index (χ0n) is 22.6. The number of carbonyl (C=O) groups is 2. The van der Waals surface area contributed by atoms with Crippen LogP contribution in [0.4, 0.5) is 5.69 Å². The van der Waals surface area contributed by atoms with Gasteiger partial charge in [-0.3, -0.25) is 13.9 Å². The minimum absolute atomic E-state index is 0.0928. The van der Waals surface area contributed by atoms with Gasteiger partial charge in [0.15, 0.2) is 0 Å². The van der Waals surface area contributed by atoms with E-state index in [9.17, 15) is 18.0 Å². The molecule has 2 amide bonds. The number of halogens is 1. The minimum Gasteiger partial charge on any atom is -0.495 e. The molecule has 0 spiro atoms. The average Bonchev–Trinajstić information content (AvgIpc) is 2.87. The number of hydrogen-bond acceptors (Lipinski definition) is 5. The summed E-state index contributed by atoms with van der Waals surface area (Å²) in [5.74, 6) is -0.296. The second-order valence-corrected chi connectivity index (χ2v) is 12.2. The van der Waals surface area contributed by atoms with E-state index in [0.29, 0.717) is 12.2 Å². The number of nitrogens with zero attached hydrogens (tertiary/aromatic N) is 2. The van der Waals surface area contributed by atoms with Crippen molar-refractivity contribution in [1.82, 2.24) is 10.2 Å². The van der Waals surface area contributed by atoms with Crippen molar-refractivity contribution < 1.29 is 22.7 Å². The van der Waals surface area contributed by atoms with E-state index in [1.807, 2.05) is 38.1 Å². The van der Waals surface area contributed by atoms with E-state index in [0.717, 1.165) is 53.8 Å². The Morgan fingerprint density at radius 2 is 1.84 bits per heavy atom. The van der Waals surface area contributed by atoms with Crippen LogP contribution in [0.15, 0.2) is 42.5 Å². The monoisotopic (exact) mass is 563 g/mol. The van der Waals surface area contributed by atoms with Gasteiger partial charge >= 0.3 is 0 Å². The third kappa shape index (κ3) is 7.86. The zero-order chi connectivity index (χ0) is 27.9. The fraction of sp³-hybridized carbons (Fsp3) is 0.500. The quantitative estimate of drug-likeness (QED) is 0.428. The van der Waals surface area contributed by atoms with Crippen molar-refractivity contribution in [1.29, 1.82) is 0 Å². The molecule has 10 heteroatoms. The second kappa shape index (κ2) is 13.3. The number of sulfonamides is 1. The van der Waals surface area contributed by atoms with Gasteiger partial charge in [0.25, 0.3) is 0 Å². The number of carbonyl (C=O) groups excluding carboxylic acids is 2. The van der Waals surface area contributed by atoms with Crippen LogP contribution in [0.25, 0.3) is 0 Å². The molecule has 1 fully saturated rings. The van der Waals surface area contributed by atoms with Gasteiger partial charge < -0.3 is 15.0 Å². The summed E-state index contributed by atoms with van der Waals surface area (Å²) in [5, 5.41) is 3.36. The van der Waals surface area contributed by atoms with Gasteiger partial charge in [0.2, 0.25) is 21.8 Å². The van der Waals surface area contributed by atoms with Gasteiger partial charge in [-0.05, 0) is 49.9 Å². The number of anilines is 1. The number of amides is 2. The molecular weight excluding hydrogens is 526 g/mol. The first kappa shape index (κ1) is 29.8. The van der Waals surface area contributed by atoms with Crippen LogP contribution >= 0.6 is 11.6 Å². The number of ether oxygens (including phenoxy) is 1. The molecule has 2 aromatic rings. The number of benzene rings is 2. The highest BCUT2D eigenvalue weighted by molar-refractivity contribution is 7.92. The van der Waals surface area contributed by atoms with Gasteiger partial charge in [-0.1, -0.05) is 67.6 Å². The van der Waals surface area contributed by atoms with Crippen LogP contribution in [-0.4, -0.2) is 57.1 Å². The van der Waals surface area contributed by atoms with E-state index in [4.69, 9.17) is 16.3 Å². The predicted octanol–water partition coefficient (Wildman–Crippen LogP) is 4.68. The van der Waals surface area contributed by atoms with Crippen molar-refractivity contribution >= 4 is 39.1 Å². The first-order valence-corrected chi connectivity index (χ1v) is 15.2. The molecule has 1 aliphatic carbocycles. The number of methoxy groups -OCH3 is 1. The standard InChI is InChI=1S/C28H38ClN3O5S/c1-5-25(28(34)30-22-12-7-6-8-13-22)31(18-21-11-9-10-20(2)16-21)27(33)19-32(38(4,35)36)23-14-15-26(37-3)24(29)17-23/h9-11,14-17,22,25H,5-8,12-13,18-19H2,1-4H3,(H,30,34)/t25-/m0/s1. The van der Waals surface area contributed by atoms with Crippen LogP contribution in [0, 0.1) is 6.92 Å². The molecule has 0 bridgehead atoms. The Bertz CT molecular complexity index is 1230. The van der Waals surface area contributed by atoms with Crippen molar-refractivity contribution in [3.8, 4) is 5.75 Å². The minimum atomic E-state index is -3.85. The molecule has 1 saturated carbocycles. The van der Waals surface area contributed by atoms with Crippen LogP contribution in [0.1, 0.15) is 56.6 Å². The summed E-state index contributed by atoms with van der Waals surface area (Å²) in [5.41, 5.74) is 2.13. The normalized spacial score (nSPS) is 15.0. The van der Waals surface area contributed by atoms with Crippen LogP contribution in [-0.2, 0) is 26.2 Å². The third-order valence-electron chi connectivity index (χ3n) is 6.88. The molecule has 2 aromatic carbocycles. The summed E-state index contributed by atoms with van der Waals surface area (Å²) in [6, 6.07) is 11.6. The molecular formula is C28H38ClN3O5S. The summed E-state index contributed by atoms with van der Waals surface area (Å²) in [4.78, 5) is 28.8. The Morgan fingerprint density at radius 3 is 2.42 bits per heavy atom. The Morgan fingerprint density at radius 1 is 1.13 bits per heavy atom. The summed E-state index contributed by atoms with van der Waals surface area (Å²) >= 11 is 6.26. The van der Waals surface area contributed by atoms with Crippen LogP contribution < -0.4 is 14.4 Å². The summed E-state index contributed by atoms with van der Waals surface area (Å²) < 4.78 is 31.8. The van der Waals surface area contributed by atoms with E-state index in [1.54, 1.807) is 6.07 Å². The Kier molecular flexibility index (Phi) is 10.4. The van der Waals surface area contributed by atoms with Gasteiger partial charge in [0.05, 0.1) is 24.1 Å². The molecule has 1 atom stereocenters. The molecule has 0 aliphatic heterocycles. The Labute approximate surface area is 231 Å². The zero-order valence-corrected chi connectivity index (χ0v) is 24.1. The second-order valence-electron chi connectivity index (χ2n) is 9.87. The first-order valence-electron chi connectivity index (χ1n) is 13.0. The van der Waals surface area contributed by atoms with Crippen LogP contribution in [0.2, 0.25) is 5.02 Å². The lowest BCUT2D eigenvalue weighted by molar-refractivity contribution is -0.140. The Hall–Kier alpha value is -2.78. The first-order chi connectivity index (χ1) is 18.0. The third-order valence-corrected chi connectivity index (χ3v) is 8.31. The van der Waals surface area contributed by atoms with Gasteiger partial charge in [-0.25, -0.2) is 8.42 Å². The molecule has 38 heavy (non-hydrogen) atoms. The lowest BCUT2D eigenvalue weighted by Crippen LogP contribution is -2.53. The number of nitrogens with one attached hydrogen (secondary N) is 1. The van der Waals surface area contributed by atoms with Gasteiger partial charge in [0, 0.05) is 12.6 Å². The molecule has 1 aliphatic rings. The average molecular weight is 564 g/mol. The van der Waals surface area contributed by atoms with Crippen LogP contribution in [0.3, 0.4) is 0 Å². The Balaban J connectivity index is 1.93. The molecule has 0 heterocycles. The molecule has 0 aromatic heterocycles. The number of hydrogen-bond donors (Lipinski definition) is 1. The number of aryl methyl sites for hydroxylation is 1. The van der Waals surface area contributed by atoms with Crippen molar-refractivity contribution in [2.75, 3.05) is 24.2 Å². The summed E-state index contributed by atoms with van der Waals surface area (Å²) in [6.07, 6.45) is 6.59. The van der Waals surface area contributed by atoms with E-state index in [1.165, 1.54) is 24.1 Å². The number of rotatable bonds is 11. The van der Waals surface area contributed by atoms with E-state index in [-0.39, 0.29) is 29.2 Å². The van der Waals surface area contributed by atoms with E-state index >= 15 is 0 Å².